The number of rotatable bonds is 2. The second kappa shape index (κ2) is 2.95. The van der Waals surface area contributed by atoms with Crippen LogP contribution in [-0.4, -0.2) is 30.1 Å². The van der Waals surface area contributed by atoms with Gasteiger partial charge in [-0.25, -0.2) is 0 Å². The zero-order valence-electron chi connectivity index (χ0n) is 7.04. The molecule has 0 aromatic carbocycles. The van der Waals surface area contributed by atoms with Crippen molar-refractivity contribution in [2.75, 3.05) is 14.1 Å². The van der Waals surface area contributed by atoms with Crippen LogP contribution in [0.1, 0.15) is 19.8 Å². The smallest absolute Gasteiger partial charge is 0.100 e. The molecule has 0 amide bonds. The summed E-state index contributed by atoms with van der Waals surface area (Å²) in [5, 5.41) is 0. The summed E-state index contributed by atoms with van der Waals surface area (Å²) < 4.78 is 0. The van der Waals surface area contributed by atoms with Gasteiger partial charge in [0.25, 0.3) is 0 Å². The van der Waals surface area contributed by atoms with E-state index in [9.17, 15) is 0 Å². The van der Waals surface area contributed by atoms with Gasteiger partial charge >= 0.3 is 0 Å². The molecule has 0 atom stereocenters. The molecule has 0 saturated carbocycles. The Hall–Kier alpha value is -0.660. The topological polar surface area (TPSA) is 6.48 Å². The summed E-state index contributed by atoms with van der Waals surface area (Å²) in [4.78, 5) is 4.51. The van der Waals surface area contributed by atoms with Crippen LogP contribution in [0.5, 0.6) is 0 Å². The van der Waals surface area contributed by atoms with E-state index in [-0.39, 0.29) is 0 Å². The Morgan fingerprint density at radius 3 is 2.10 bits per heavy atom. The van der Waals surface area contributed by atoms with Crippen molar-refractivity contribution in [3.8, 4) is 0 Å². The third-order valence-electron chi connectivity index (χ3n) is 2.02. The summed E-state index contributed by atoms with van der Waals surface area (Å²) >= 11 is 0. The minimum atomic E-state index is 0.602. The highest BCUT2D eigenvalue weighted by molar-refractivity contribution is 4.93. The molecule has 0 N–H and O–H groups in total. The van der Waals surface area contributed by atoms with Gasteiger partial charge in [0.1, 0.15) is 6.17 Å². The van der Waals surface area contributed by atoms with Gasteiger partial charge in [-0.3, -0.25) is 0 Å². The molecule has 0 aromatic rings. The molecule has 1 aliphatic heterocycles. The summed E-state index contributed by atoms with van der Waals surface area (Å²) in [6, 6.07) is 0. The Kier molecular flexibility index (Phi) is 2.20. The van der Waals surface area contributed by atoms with Gasteiger partial charge in [0.15, 0.2) is 0 Å². The fourth-order valence-electron chi connectivity index (χ4n) is 1.36. The van der Waals surface area contributed by atoms with E-state index in [0.717, 1.165) is 0 Å². The third kappa shape index (κ3) is 1.25. The Bertz CT molecular complexity index is 119. The lowest BCUT2D eigenvalue weighted by Crippen LogP contribution is -2.33. The fraction of sp³-hybridized carbons (Fsp3) is 0.750. The first kappa shape index (κ1) is 7.45. The SMILES string of the molecule is CCCC1N(C)C=CN1C. The molecule has 0 unspecified atom stereocenters. The molecule has 0 spiro atoms. The molecule has 0 saturated heterocycles. The molecule has 0 fully saturated rings. The lowest BCUT2D eigenvalue weighted by atomic mass is 10.2. The van der Waals surface area contributed by atoms with Gasteiger partial charge in [0, 0.05) is 26.5 Å². The van der Waals surface area contributed by atoms with Gasteiger partial charge < -0.3 is 9.80 Å². The average molecular weight is 140 g/mol. The first-order valence-corrected chi connectivity index (χ1v) is 3.88. The summed E-state index contributed by atoms with van der Waals surface area (Å²) in [6.07, 6.45) is 7.35. The summed E-state index contributed by atoms with van der Waals surface area (Å²) in [5.41, 5.74) is 0. The van der Waals surface area contributed by atoms with Gasteiger partial charge in [-0.15, -0.1) is 0 Å². The average Bonchev–Trinajstić information content (AvgIpc) is 2.20. The highest BCUT2D eigenvalue weighted by Crippen LogP contribution is 2.15. The number of hydrogen-bond donors (Lipinski definition) is 0. The predicted molar refractivity (Wildman–Crippen MR) is 43.4 cm³/mol. The summed E-state index contributed by atoms with van der Waals surface area (Å²) in [6.45, 7) is 2.22. The van der Waals surface area contributed by atoms with Crippen LogP contribution in [0.3, 0.4) is 0 Å². The van der Waals surface area contributed by atoms with Crippen LogP contribution >= 0.6 is 0 Å². The highest BCUT2D eigenvalue weighted by Gasteiger charge is 2.18. The van der Waals surface area contributed by atoms with E-state index in [1.807, 2.05) is 0 Å². The van der Waals surface area contributed by atoms with Gasteiger partial charge in [0.2, 0.25) is 0 Å². The van der Waals surface area contributed by atoms with Crippen LogP contribution < -0.4 is 0 Å². The molecule has 1 rings (SSSR count). The van der Waals surface area contributed by atoms with Crippen molar-refractivity contribution in [2.45, 2.75) is 25.9 Å². The maximum atomic E-state index is 2.25. The fourth-order valence-corrected chi connectivity index (χ4v) is 1.36. The summed E-state index contributed by atoms with van der Waals surface area (Å²) in [5.74, 6) is 0. The quantitative estimate of drug-likeness (QED) is 0.573. The number of hydrogen-bond acceptors (Lipinski definition) is 2. The van der Waals surface area contributed by atoms with Gasteiger partial charge in [-0.05, 0) is 6.42 Å². The minimum Gasteiger partial charge on any atom is -0.359 e. The molecule has 1 heterocycles. The standard InChI is InChI=1S/C8H16N2/c1-4-5-8-9(2)6-7-10(8)3/h6-8H,4-5H2,1-3H3. The first-order chi connectivity index (χ1) is 4.75. The molecule has 58 valence electrons. The molecule has 0 radical (unpaired) electrons. The van der Waals surface area contributed by atoms with Crippen molar-refractivity contribution in [3.05, 3.63) is 12.4 Å². The molecule has 1 aliphatic rings. The largest absolute Gasteiger partial charge is 0.359 e. The zero-order valence-corrected chi connectivity index (χ0v) is 7.04. The van der Waals surface area contributed by atoms with Crippen LogP contribution in [-0.2, 0) is 0 Å². The van der Waals surface area contributed by atoms with Crippen molar-refractivity contribution in [1.29, 1.82) is 0 Å². The maximum absolute atomic E-state index is 2.25. The second-order valence-corrected chi connectivity index (χ2v) is 2.90. The van der Waals surface area contributed by atoms with Crippen LogP contribution in [0.4, 0.5) is 0 Å². The van der Waals surface area contributed by atoms with E-state index in [1.165, 1.54) is 12.8 Å². The molecule has 2 heteroatoms. The van der Waals surface area contributed by atoms with E-state index in [1.54, 1.807) is 0 Å². The predicted octanol–water partition coefficient (Wildman–Crippen LogP) is 1.46. The van der Waals surface area contributed by atoms with Crippen molar-refractivity contribution < 1.29 is 0 Å². The van der Waals surface area contributed by atoms with E-state index >= 15 is 0 Å². The van der Waals surface area contributed by atoms with Gasteiger partial charge in [-0.1, -0.05) is 13.3 Å². The third-order valence-corrected chi connectivity index (χ3v) is 2.02. The Morgan fingerprint density at radius 2 is 1.70 bits per heavy atom. The molecule has 2 nitrogen and oxygen atoms in total. The lowest BCUT2D eigenvalue weighted by molar-refractivity contribution is 0.191. The van der Waals surface area contributed by atoms with Crippen molar-refractivity contribution in [2.24, 2.45) is 0 Å². The van der Waals surface area contributed by atoms with Crippen LogP contribution in [0.2, 0.25) is 0 Å². The van der Waals surface area contributed by atoms with Crippen LogP contribution in [0, 0.1) is 0 Å². The van der Waals surface area contributed by atoms with Crippen molar-refractivity contribution >= 4 is 0 Å². The Labute approximate surface area is 63.1 Å². The normalized spacial score (nSPS) is 19.1. The van der Waals surface area contributed by atoms with E-state index in [2.05, 4.69) is 43.2 Å². The second-order valence-electron chi connectivity index (χ2n) is 2.90. The minimum absolute atomic E-state index is 0.602. The molecule has 0 aliphatic carbocycles. The molecular weight excluding hydrogens is 124 g/mol. The van der Waals surface area contributed by atoms with E-state index in [4.69, 9.17) is 0 Å². The number of nitrogens with zero attached hydrogens (tertiary/aromatic N) is 2. The monoisotopic (exact) mass is 140 g/mol. The molecule has 10 heavy (non-hydrogen) atoms. The maximum Gasteiger partial charge on any atom is 0.100 e. The van der Waals surface area contributed by atoms with Crippen LogP contribution in [0.25, 0.3) is 0 Å². The van der Waals surface area contributed by atoms with E-state index in [0.29, 0.717) is 6.17 Å². The van der Waals surface area contributed by atoms with Crippen LogP contribution in [0.15, 0.2) is 12.4 Å². The van der Waals surface area contributed by atoms with E-state index < -0.39 is 0 Å². The zero-order chi connectivity index (χ0) is 7.56. The molecule has 0 bridgehead atoms. The first-order valence-electron chi connectivity index (χ1n) is 3.88. The van der Waals surface area contributed by atoms with Gasteiger partial charge in [0.05, 0.1) is 0 Å². The highest BCUT2D eigenvalue weighted by atomic mass is 15.4. The molecular formula is C8H16N2. The lowest BCUT2D eigenvalue weighted by Gasteiger charge is -2.26. The van der Waals surface area contributed by atoms with Gasteiger partial charge in [-0.2, -0.15) is 0 Å². The summed E-state index contributed by atoms with van der Waals surface area (Å²) in [7, 11) is 4.25. The Balaban J connectivity index is 2.43. The molecule has 0 aromatic heterocycles. The van der Waals surface area contributed by atoms with Crippen molar-refractivity contribution in [3.63, 3.8) is 0 Å². The van der Waals surface area contributed by atoms with Crippen molar-refractivity contribution in [1.82, 2.24) is 9.80 Å². The Morgan fingerprint density at radius 1 is 1.20 bits per heavy atom.